The van der Waals surface area contributed by atoms with Crippen molar-refractivity contribution in [2.75, 3.05) is 44.3 Å². The van der Waals surface area contributed by atoms with Gasteiger partial charge in [0.25, 0.3) is 0 Å². The third kappa shape index (κ3) is 3.56. The first-order valence-electron chi connectivity index (χ1n) is 11.3. The Kier molecular flexibility index (Phi) is 5.12. The molecule has 0 atom stereocenters. The lowest BCUT2D eigenvalue weighted by molar-refractivity contribution is -0.0183. The first kappa shape index (κ1) is 21.3. The van der Waals surface area contributed by atoms with E-state index in [1.54, 1.807) is 6.20 Å². The number of piperidine rings is 1. The summed E-state index contributed by atoms with van der Waals surface area (Å²) in [6.07, 6.45) is 1.54. The number of thiophene rings is 1. The lowest BCUT2D eigenvalue weighted by Gasteiger charge is -2.36. The van der Waals surface area contributed by atoms with Crippen LogP contribution in [0.1, 0.15) is 17.7 Å². The highest BCUT2D eigenvalue weighted by molar-refractivity contribution is 7.19. The number of hydrogen-bond donors (Lipinski definition) is 3. The van der Waals surface area contributed by atoms with Gasteiger partial charge in [0.2, 0.25) is 0 Å². The van der Waals surface area contributed by atoms with Crippen molar-refractivity contribution in [3.8, 4) is 11.4 Å². The van der Waals surface area contributed by atoms with Crippen LogP contribution in [0.3, 0.4) is 0 Å². The number of nitrogens with zero attached hydrogens (tertiary/aromatic N) is 5. The van der Waals surface area contributed by atoms with Crippen LogP contribution in [0.15, 0.2) is 30.5 Å². The maximum atomic E-state index is 11.4. The number of aliphatic hydroxyl groups is 1. The fourth-order valence-electron chi connectivity index (χ4n) is 4.73. The molecule has 0 saturated carbocycles. The molecule has 11 heteroatoms. The lowest BCUT2D eigenvalue weighted by Crippen LogP contribution is -2.44. The monoisotopic (exact) mass is 480 g/mol. The number of nitrogens with one attached hydrogen (secondary N) is 1. The minimum absolute atomic E-state index is 0.301. The molecule has 0 radical (unpaired) electrons. The van der Waals surface area contributed by atoms with Gasteiger partial charge in [-0.1, -0.05) is 12.1 Å². The maximum Gasteiger partial charge on any atom is 0.407 e. The van der Waals surface area contributed by atoms with E-state index >= 15 is 0 Å². The Labute approximate surface area is 198 Å². The number of likely N-dealkylation sites (tertiary alicyclic amines) is 1. The molecule has 10 nitrogen and oxygen atoms in total. The van der Waals surface area contributed by atoms with Crippen molar-refractivity contribution in [1.29, 1.82) is 0 Å². The number of aromatic amines is 1. The molecule has 4 aromatic rings. The predicted octanol–water partition coefficient (Wildman–Crippen LogP) is 3.03. The van der Waals surface area contributed by atoms with E-state index in [0.717, 1.165) is 50.5 Å². The molecule has 0 unspecified atom stereocenters. The minimum atomic E-state index is -1.08. The van der Waals surface area contributed by atoms with E-state index in [4.69, 9.17) is 14.7 Å². The Morgan fingerprint density at radius 2 is 1.94 bits per heavy atom. The molecule has 0 bridgehead atoms. The average molecular weight is 481 g/mol. The molecule has 0 aliphatic carbocycles. The Morgan fingerprint density at radius 3 is 2.71 bits per heavy atom. The van der Waals surface area contributed by atoms with Crippen LogP contribution < -0.4 is 4.90 Å². The standard InChI is InChI=1S/C23H24N6O4S/c30-22(31)29-6-4-23(32,5-7-29)18-12-17-19(34-18)21(28-8-10-33-11-9-28)26-20(25-17)14-2-1-3-16-15(14)13-24-27-16/h1-3,12-13,32H,4-11H2,(H,24,27)(H,30,31). The summed E-state index contributed by atoms with van der Waals surface area (Å²) >= 11 is 1.50. The highest BCUT2D eigenvalue weighted by Gasteiger charge is 2.37. The van der Waals surface area contributed by atoms with Crippen LogP contribution in [-0.2, 0) is 10.3 Å². The number of carbonyl (C=O) groups is 1. The SMILES string of the molecule is O=C(O)N1CCC(O)(c2cc3nc(-c4cccc5[nH]ncc45)nc(N4CCOCC4)c3s2)CC1. The molecule has 0 spiro atoms. The van der Waals surface area contributed by atoms with Gasteiger partial charge in [-0.15, -0.1) is 11.3 Å². The number of H-pyrrole nitrogens is 1. The number of carboxylic acid groups (broad SMARTS) is 1. The molecule has 6 rings (SSSR count). The van der Waals surface area contributed by atoms with Crippen LogP contribution in [-0.4, -0.2) is 80.8 Å². The highest BCUT2D eigenvalue weighted by atomic mass is 32.1. The van der Waals surface area contributed by atoms with E-state index in [0.29, 0.717) is 45.0 Å². The smallest absolute Gasteiger partial charge is 0.407 e. The molecule has 34 heavy (non-hydrogen) atoms. The molecular formula is C23H24N6O4S. The Morgan fingerprint density at radius 1 is 1.15 bits per heavy atom. The Bertz CT molecular complexity index is 1370. The zero-order valence-corrected chi connectivity index (χ0v) is 19.2. The van der Waals surface area contributed by atoms with Crippen LogP contribution in [0.2, 0.25) is 0 Å². The van der Waals surface area contributed by atoms with E-state index < -0.39 is 11.7 Å². The van der Waals surface area contributed by atoms with Gasteiger partial charge < -0.3 is 24.7 Å². The number of anilines is 1. The fraction of sp³-hybridized carbons (Fsp3) is 0.391. The summed E-state index contributed by atoms with van der Waals surface area (Å²) in [6, 6.07) is 7.86. The molecular weight excluding hydrogens is 456 g/mol. The average Bonchev–Trinajstić information content (AvgIpc) is 3.51. The zero-order chi connectivity index (χ0) is 23.3. The van der Waals surface area contributed by atoms with Crippen molar-refractivity contribution in [3.63, 3.8) is 0 Å². The van der Waals surface area contributed by atoms with E-state index in [9.17, 15) is 15.0 Å². The van der Waals surface area contributed by atoms with Crippen molar-refractivity contribution < 1.29 is 19.7 Å². The van der Waals surface area contributed by atoms with Gasteiger partial charge in [-0.2, -0.15) is 5.10 Å². The van der Waals surface area contributed by atoms with E-state index in [1.807, 2.05) is 24.3 Å². The molecule has 2 aliphatic rings. The number of benzene rings is 1. The Balaban J connectivity index is 1.47. The van der Waals surface area contributed by atoms with Crippen molar-refractivity contribution in [2.24, 2.45) is 0 Å². The molecule has 1 aromatic carbocycles. The third-order valence-electron chi connectivity index (χ3n) is 6.71. The molecule has 3 N–H and O–H groups in total. The van der Waals surface area contributed by atoms with Crippen LogP contribution in [0.25, 0.3) is 32.5 Å². The van der Waals surface area contributed by atoms with Crippen LogP contribution in [0, 0.1) is 0 Å². The number of morpholine rings is 1. The summed E-state index contributed by atoms with van der Waals surface area (Å²) < 4.78 is 6.48. The number of aromatic nitrogens is 4. The van der Waals surface area contributed by atoms with E-state index in [-0.39, 0.29) is 0 Å². The summed E-state index contributed by atoms with van der Waals surface area (Å²) in [7, 11) is 0. The molecule has 2 saturated heterocycles. The Hall–Kier alpha value is -3.28. The normalized spacial score (nSPS) is 18.6. The van der Waals surface area contributed by atoms with Crippen LogP contribution in [0.4, 0.5) is 10.6 Å². The van der Waals surface area contributed by atoms with Gasteiger partial charge in [0, 0.05) is 42.0 Å². The summed E-state index contributed by atoms with van der Waals surface area (Å²) in [5.74, 6) is 1.45. The van der Waals surface area contributed by atoms with Gasteiger partial charge in [0.15, 0.2) is 11.6 Å². The number of hydrogen-bond acceptors (Lipinski definition) is 8. The van der Waals surface area contributed by atoms with Gasteiger partial charge >= 0.3 is 6.09 Å². The van der Waals surface area contributed by atoms with Crippen LogP contribution in [0.5, 0.6) is 0 Å². The second kappa shape index (κ2) is 8.19. The number of fused-ring (bicyclic) bond motifs is 2. The van der Waals surface area contributed by atoms with Crippen molar-refractivity contribution in [2.45, 2.75) is 18.4 Å². The summed E-state index contributed by atoms with van der Waals surface area (Å²) in [6.45, 7) is 3.32. The molecule has 176 valence electrons. The topological polar surface area (TPSA) is 128 Å². The van der Waals surface area contributed by atoms with Gasteiger partial charge in [0.05, 0.1) is 35.1 Å². The quantitative estimate of drug-likeness (QED) is 0.408. The zero-order valence-electron chi connectivity index (χ0n) is 18.4. The van der Waals surface area contributed by atoms with Gasteiger partial charge in [-0.05, 0) is 25.0 Å². The van der Waals surface area contributed by atoms with Crippen molar-refractivity contribution in [1.82, 2.24) is 25.1 Å². The van der Waals surface area contributed by atoms with Gasteiger partial charge in [-0.3, -0.25) is 5.10 Å². The fourth-order valence-corrected chi connectivity index (χ4v) is 5.99. The van der Waals surface area contributed by atoms with E-state index in [1.165, 1.54) is 16.2 Å². The maximum absolute atomic E-state index is 11.4. The summed E-state index contributed by atoms with van der Waals surface area (Å²) in [5.41, 5.74) is 1.51. The molecule has 2 fully saturated rings. The largest absolute Gasteiger partial charge is 0.465 e. The van der Waals surface area contributed by atoms with E-state index in [2.05, 4.69) is 15.1 Å². The molecule has 5 heterocycles. The second-order valence-corrected chi connectivity index (χ2v) is 9.79. The lowest BCUT2D eigenvalue weighted by atomic mass is 9.90. The number of rotatable bonds is 3. The molecule has 2 aliphatic heterocycles. The second-order valence-electron chi connectivity index (χ2n) is 8.73. The van der Waals surface area contributed by atoms with Gasteiger partial charge in [0.1, 0.15) is 5.60 Å². The number of amides is 1. The van der Waals surface area contributed by atoms with Crippen LogP contribution >= 0.6 is 11.3 Å². The molecule has 3 aromatic heterocycles. The third-order valence-corrected chi connectivity index (χ3v) is 8.02. The van der Waals surface area contributed by atoms with Crippen molar-refractivity contribution in [3.05, 3.63) is 35.3 Å². The number of ether oxygens (including phenoxy) is 1. The molecule has 1 amide bonds. The minimum Gasteiger partial charge on any atom is -0.465 e. The predicted molar refractivity (Wildman–Crippen MR) is 128 cm³/mol. The van der Waals surface area contributed by atoms with Crippen molar-refractivity contribution >= 4 is 44.4 Å². The summed E-state index contributed by atoms with van der Waals surface area (Å²) in [4.78, 5) is 25.6. The first-order valence-corrected chi connectivity index (χ1v) is 12.1. The first-order chi connectivity index (χ1) is 16.5. The van der Waals surface area contributed by atoms with Gasteiger partial charge in [-0.25, -0.2) is 14.8 Å². The highest BCUT2D eigenvalue weighted by Crippen LogP contribution is 2.42. The summed E-state index contributed by atoms with van der Waals surface area (Å²) in [5, 5.41) is 28.8.